The van der Waals surface area contributed by atoms with Gasteiger partial charge in [-0.15, -0.1) is 0 Å². The van der Waals surface area contributed by atoms with E-state index in [-0.39, 0.29) is 6.42 Å². The van der Waals surface area contributed by atoms with Crippen LogP contribution in [0.4, 0.5) is 0 Å². The largest absolute Gasteiger partial charge is 0.481 e. The van der Waals surface area contributed by atoms with E-state index < -0.39 is 5.97 Å². The molecule has 0 unspecified atom stereocenters. The molecule has 5 nitrogen and oxygen atoms in total. The van der Waals surface area contributed by atoms with Crippen LogP contribution < -0.4 is 0 Å². The molecule has 0 radical (unpaired) electrons. The lowest BCUT2D eigenvalue weighted by molar-refractivity contribution is -0.136. The molecule has 6 heteroatoms. The van der Waals surface area contributed by atoms with Crippen molar-refractivity contribution in [1.82, 2.24) is 15.0 Å². The van der Waals surface area contributed by atoms with Crippen molar-refractivity contribution in [3.05, 3.63) is 46.2 Å². The van der Waals surface area contributed by atoms with E-state index in [1.165, 1.54) is 0 Å². The highest BCUT2D eigenvalue weighted by atomic mass is 32.1. The van der Waals surface area contributed by atoms with Gasteiger partial charge < -0.3 is 5.11 Å². The number of carboxylic acid groups (broad SMARTS) is 1. The number of rotatable bonds is 5. The molecular formula is C12H13N3O2S. The summed E-state index contributed by atoms with van der Waals surface area (Å²) in [5.74, 6) is -0.845. The average molecular weight is 263 g/mol. The van der Waals surface area contributed by atoms with Crippen molar-refractivity contribution in [2.75, 3.05) is 0 Å². The zero-order chi connectivity index (χ0) is 13.0. The molecule has 0 bridgehead atoms. The van der Waals surface area contributed by atoms with Gasteiger partial charge >= 0.3 is 5.97 Å². The van der Waals surface area contributed by atoms with Crippen LogP contribution in [0.25, 0.3) is 0 Å². The summed E-state index contributed by atoms with van der Waals surface area (Å²) >= 11 is 5.25. The number of H-pyrrole nitrogens is 1. The Morgan fingerprint density at radius 3 is 2.78 bits per heavy atom. The number of aromatic amines is 1. The van der Waals surface area contributed by atoms with Crippen molar-refractivity contribution >= 4 is 18.2 Å². The Balaban J connectivity index is 2.11. The lowest BCUT2D eigenvalue weighted by Gasteiger charge is -2.01. The predicted octanol–water partition coefficient (Wildman–Crippen LogP) is 2.01. The number of hydrogen-bond donors (Lipinski definition) is 2. The first-order chi connectivity index (χ1) is 8.66. The van der Waals surface area contributed by atoms with Gasteiger partial charge in [0.05, 0.1) is 18.7 Å². The molecule has 1 aromatic heterocycles. The number of aliphatic carboxylic acids is 1. The predicted molar refractivity (Wildman–Crippen MR) is 68.9 cm³/mol. The minimum Gasteiger partial charge on any atom is -0.481 e. The molecule has 0 aliphatic carbocycles. The number of benzene rings is 1. The Hall–Kier alpha value is -1.95. The van der Waals surface area contributed by atoms with E-state index in [9.17, 15) is 4.79 Å². The summed E-state index contributed by atoms with van der Waals surface area (Å²) in [4.78, 5) is 10.5. The van der Waals surface area contributed by atoms with E-state index in [4.69, 9.17) is 17.3 Å². The van der Waals surface area contributed by atoms with Gasteiger partial charge in [-0.2, -0.15) is 5.10 Å². The molecule has 2 rings (SSSR count). The maximum atomic E-state index is 10.5. The highest BCUT2D eigenvalue weighted by Gasteiger charge is 2.07. The van der Waals surface area contributed by atoms with Gasteiger partial charge in [0.1, 0.15) is 4.64 Å². The molecular weight excluding hydrogens is 250 g/mol. The number of carbonyl (C=O) groups is 1. The summed E-state index contributed by atoms with van der Waals surface area (Å²) in [5, 5.41) is 15.5. The van der Waals surface area contributed by atoms with Gasteiger partial charge in [0, 0.05) is 6.42 Å². The first-order valence-corrected chi connectivity index (χ1v) is 5.97. The van der Waals surface area contributed by atoms with E-state index in [1.807, 2.05) is 30.3 Å². The summed E-state index contributed by atoms with van der Waals surface area (Å²) in [5.41, 5.74) is 1.74. The van der Waals surface area contributed by atoms with E-state index in [0.29, 0.717) is 23.3 Å². The van der Waals surface area contributed by atoms with Gasteiger partial charge in [0.2, 0.25) is 0 Å². The van der Waals surface area contributed by atoms with E-state index in [1.54, 1.807) is 4.68 Å². The van der Waals surface area contributed by atoms with Crippen LogP contribution in [0, 0.1) is 4.64 Å². The van der Waals surface area contributed by atoms with Crippen molar-refractivity contribution < 1.29 is 9.90 Å². The third kappa shape index (κ3) is 3.04. The molecule has 94 valence electrons. The molecule has 0 atom stereocenters. The minimum absolute atomic E-state index is 0.0415. The van der Waals surface area contributed by atoms with E-state index >= 15 is 0 Å². The zero-order valence-corrected chi connectivity index (χ0v) is 10.5. The molecule has 0 aliphatic heterocycles. The second-order valence-corrected chi connectivity index (χ2v) is 4.32. The fourth-order valence-corrected chi connectivity index (χ4v) is 1.88. The topological polar surface area (TPSA) is 70.9 Å². The van der Waals surface area contributed by atoms with Crippen LogP contribution in [0.3, 0.4) is 0 Å². The Labute approximate surface area is 109 Å². The standard InChI is InChI=1S/C12H13N3O2S/c16-11(17)7-6-10-12(18)15(14-13-10)8-9-4-2-1-3-5-9/h1-5,14H,6-8H2,(H,16,17). The minimum atomic E-state index is -0.845. The first-order valence-electron chi connectivity index (χ1n) is 5.56. The van der Waals surface area contributed by atoms with Crippen molar-refractivity contribution in [1.29, 1.82) is 0 Å². The molecule has 1 aromatic carbocycles. The van der Waals surface area contributed by atoms with Gasteiger partial charge in [-0.3, -0.25) is 9.48 Å². The number of hydrogen-bond acceptors (Lipinski definition) is 3. The van der Waals surface area contributed by atoms with Crippen LogP contribution in [0.1, 0.15) is 17.7 Å². The third-order valence-electron chi connectivity index (χ3n) is 2.56. The Kier molecular flexibility index (Phi) is 3.88. The second-order valence-electron chi connectivity index (χ2n) is 3.93. The van der Waals surface area contributed by atoms with Gasteiger partial charge in [-0.1, -0.05) is 42.5 Å². The van der Waals surface area contributed by atoms with Gasteiger partial charge in [-0.25, -0.2) is 5.21 Å². The van der Waals surface area contributed by atoms with Gasteiger partial charge in [0.15, 0.2) is 0 Å². The fourth-order valence-electron chi connectivity index (χ4n) is 1.63. The summed E-state index contributed by atoms with van der Waals surface area (Å²) in [7, 11) is 0. The molecule has 1 heterocycles. The van der Waals surface area contributed by atoms with Crippen molar-refractivity contribution in [2.24, 2.45) is 0 Å². The van der Waals surface area contributed by atoms with E-state index in [0.717, 1.165) is 5.56 Å². The van der Waals surface area contributed by atoms with Crippen LogP contribution in [0.2, 0.25) is 0 Å². The average Bonchev–Trinajstić information content (AvgIpc) is 2.70. The molecule has 0 spiro atoms. The molecule has 0 fully saturated rings. The monoisotopic (exact) mass is 263 g/mol. The highest BCUT2D eigenvalue weighted by molar-refractivity contribution is 7.71. The summed E-state index contributed by atoms with van der Waals surface area (Å²) in [6.45, 7) is 0.611. The SMILES string of the molecule is O=C(O)CCc1n[nH]n(Cc2ccccc2)c1=S. The van der Waals surface area contributed by atoms with Gasteiger partial charge in [-0.05, 0) is 5.56 Å². The van der Waals surface area contributed by atoms with Gasteiger partial charge in [0.25, 0.3) is 0 Å². The van der Waals surface area contributed by atoms with Crippen LogP contribution in [-0.2, 0) is 17.8 Å². The third-order valence-corrected chi connectivity index (χ3v) is 3.01. The first kappa shape index (κ1) is 12.5. The lowest BCUT2D eigenvalue weighted by atomic mass is 10.2. The van der Waals surface area contributed by atoms with Crippen LogP contribution >= 0.6 is 12.2 Å². The molecule has 0 amide bonds. The maximum Gasteiger partial charge on any atom is 0.303 e. The highest BCUT2D eigenvalue weighted by Crippen LogP contribution is 2.06. The molecule has 0 saturated carbocycles. The van der Waals surface area contributed by atoms with Crippen LogP contribution in [0.15, 0.2) is 30.3 Å². The summed E-state index contributed by atoms with van der Waals surface area (Å²) in [6, 6.07) is 9.87. The zero-order valence-electron chi connectivity index (χ0n) is 9.67. The molecule has 18 heavy (non-hydrogen) atoms. The van der Waals surface area contributed by atoms with Crippen LogP contribution in [0.5, 0.6) is 0 Å². The Bertz CT molecular complexity index is 589. The number of aromatic nitrogens is 3. The number of aryl methyl sites for hydroxylation is 1. The molecule has 2 N–H and O–H groups in total. The lowest BCUT2D eigenvalue weighted by Crippen LogP contribution is -2.02. The number of carboxylic acids is 1. The van der Waals surface area contributed by atoms with Crippen LogP contribution in [-0.4, -0.2) is 26.1 Å². The second kappa shape index (κ2) is 5.59. The maximum absolute atomic E-state index is 10.5. The summed E-state index contributed by atoms with van der Waals surface area (Å²) in [6.07, 6.45) is 0.395. The molecule has 2 aromatic rings. The fraction of sp³-hybridized carbons (Fsp3) is 0.250. The smallest absolute Gasteiger partial charge is 0.303 e. The number of nitrogens with one attached hydrogen (secondary N) is 1. The Morgan fingerprint density at radius 2 is 2.11 bits per heavy atom. The van der Waals surface area contributed by atoms with Crippen molar-refractivity contribution in [3.63, 3.8) is 0 Å². The van der Waals surface area contributed by atoms with Crippen molar-refractivity contribution in [2.45, 2.75) is 19.4 Å². The normalized spacial score (nSPS) is 10.4. The van der Waals surface area contributed by atoms with E-state index in [2.05, 4.69) is 10.3 Å². The Morgan fingerprint density at radius 1 is 1.39 bits per heavy atom. The number of nitrogens with zero attached hydrogens (tertiary/aromatic N) is 2. The molecule has 0 saturated heterocycles. The molecule has 0 aliphatic rings. The quantitative estimate of drug-likeness (QED) is 0.809. The van der Waals surface area contributed by atoms with Crippen molar-refractivity contribution in [3.8, 4) is 0 Å². The summed E-state index contributed by atoms with van der Waals surface area (Å²) < 4.78 is 2.31.